The van der Waals surface area contributed by atoms with E-state index in [1.807, 2.05) is 25.1 Å². The van der Waals surface area contributed by atoms with Crippen molar-refractivity contribution in [2.24, 2.45) is 0 Å². The SMILES string of the molecule is CC12CS(=O)(=O)CC1SC(=S)N2c1ccc2ccccc2c1. The van der Waals surface area contributed by atoms with E-state index in [4.69, 9.17) is 12.2 Å². The number of sulfone groups is 1. The first-order chi connectivity index (χ1) is 10.4. The lowest BCUT2D eigenvalue weighted by Crippen LogP contribution is -2.49. The Kier molecular flexibility index (Phi) is 3.09. The highest BCUT2D eigenvalue weighted by Crippen LogP contribution is 2.48. The molecule has 0 radical (unpaired) electrons. The summed E-state index contributed by atoms with van der Waals surface area (Å²) in [7, 11) is -2.99. The minimum atomic E-state index is -2.99. The standard InChI is InChI=1S/C16H15NO2S3/c1-16-10-22(18,19)9-14(16)21-15(20)17(16)13-7-6-11-4-2-3-5-12(11)8-13/h2-8,14H,9-10H2,1H3. The molecule has 114 valence electrons. The lowest BCUT2D eigenvalue weighted by Gasteiger charge is -2.34. The van der Waals surface area contributed by atoms with Crippen LogP contribution in [0.2, 0.25) is 0 Å². The molecule has 2 aromatic rings. The molecule has 2 aliphatic rings. The van der Waals surface area contributed by atoms with E-state index < -0.39 is 15.4 Å². The summed E-state index contributed by atoms with van der Waals surface area (Å²) in [6.45, 7) is 2.02. The van der Waals surface area contributed by atoms with Crippen LogP contribution in [0.25, 0.3) is 10.8 Å². The van der Waals surface area contributed by atoms with Crippen molar-refractivity contribution in [2.75, 3.05) is 16.4 Å². The molecule has 2 heterocycles. The summed E-state index contributed by atoms with van der Waals surface area (Å²) in [5.41, 5.74) is 0.543. The van der Waals surface area contributed by atoms with Gasteiger partial charge >= 0.3 is 0 Å². The van der Waals surface area contributed by atoms with Crippen molar-refractivity contribution in [2.45, 2.75) is 17.7 Å². The molecule has 2 fully saturated rings. The molecule has 0 aliphatic carbocycles. The fourth-order valence-corrected chi connectivity index (χ4v) is 8.40. The number of thioether (sulfide) groups is 1. The van der Waals surface area contributed by atoms with Gasteiger partial charge in [0.1, 0.15) is 4.32 Å². The van der Waals surface area contributed by atoms with Gasteiger partial charge in [0.2, 0.25) is 0 Å². The van der Waals surface area contributed by atoms with Crippen LogP contribution in [0.4, 0.5) is 5.69 Å². The second-order valence-corrected chi connectivity index (χ2v) is 10.1. The zero-order valence-electron chi connectivity index (χ0n) is 12.0. The van der Waals surface area contributed by atoms with Crippen molar-refractivity contribution < 1.29 is 8.42 Å². The van der Waals surface area contributed by atoms with Crippen LogP contribution in [0.5, 0.6) is 0 Å². The Morgan fingerprint density at radius 1 is 1.23 bits per heavy atom. The van der Waals surface area contributed by atoms with E-state index in [2.05, 4.69) is 29.2 Å². The molecular weight excluding hydrogens is 334 g/mol. The maximum Gasteiger partial charge on any atom is 0.153 e. The molecule has 0 aromatic heterocycles. The van der Waals surface area contributed by atoms with Crippen molar-refractivity contribution in [1.29, 1.82) is 0 Å². The largest absolute Gasteiger partial charge is 0.319 e. The first kappa shape index (κ1) is 14.5. The molecule has 2 unspecified atom stereocenters. The first-order valence-electron chi connectivity index (χ1n) is 7.09. The van der Waals surface area contributed by atoms with Gasteiger partial charge < -0.3 is 4.90 Å². The van der Waals surface area contributed by atoms with Crippen LogP contribution in [0.3, 0.4) is 0 Å². The Labute approximate surface area is 139 Å². The summed E-state index contributed by atoms with van der Waals surface area (Å²) in [5.74, 6) is 0.392. The van der Waals surface area contributed by atoms with Gasteiger partial charge in [0.25, 0.3) is 0 Å². The number of fused-ring (bicyclic) bond motifs is 2. The third-order valence-electron chi connectivity index (χ3n) is 4.54. The number of benzene rings is 2. The highest BCUT2D eigenvalue weighted by Gasteiger charge is 2.57. The maximum absolute atomic E-state index is 12.1. The molecular formula is C16H15NO2S3. The van der Waals surface area contributed by atoms with Crippen molar-refractivity contribution >= 4 is 54.6 Å². The Morgan fingerprint density at radius 2 is 1.95 bits per heavy atom. The number of hydrogen-bond acceptors (Lipinski definition) is 4. The van der Waals surface area contributed by atoms with Gasteiger partial charge in [-0.1, -0.05) is 54.3 Å². The summed E-state index contributed by atoms with van der Waals surface area (Å²) < 4.78 is 24.9. The Morgan fingerprint density at radius 3 is 2.73 bits per heavy atom. The van der Waals surface area contributed by atoms with Crippen LogP contribution in [0.15, 0.2) is 42.5 Å². The van der Waals surface area contributed by atoms with Gasteiger partial charge in [0, 0.05) is 5.69 Å². The van der Waals surface area contributed by atoms with Crippen LogP contribution in [0, 0.1) is 0 Å². The Balaban J connectivity index is 1.84. The number of anilines is 1. The lowest BCUT2D eigenvalue weighted by atomic mass is 9.98. The van der Waals surface area contributed by atoms with Gasteiger partial charge in [-0.3, -0.25) is 0 Å². The minimum absolute atomic E-state index is 0.0245. The quantitative estimate of drug-likeness (QED) is 0.739. The van der Waals surface area contributed by atoms with E-state index in [0.29, 0.717) is 0 Å². The summed E-state index contributed by atoms with van der Waals surface area (Å²) >= 11 is 7.06. The first-order valence-corrected chi connectivity index (χ1v) is 10.2. The predicted molar refractivity (Wildman–Crippen MR) is 97.5 cm³/mol. The molecule has 22 heavy (non-hydrogen) atoms. The fourth-order valence-electron chi connectivity index (χ4n) is 3.48. The van der Waals surface area contributed by atoms with Gasteiger partial charge in [-0.2, -0.15) is 0 Å². The number of nitrogens with zero attached hydrogens (tertiary/aromatic N) is 1. The van der Waals surface area contributed by atoms with Crippen LogP contribution in [-0.2, 0) is 9.84 Å². The highest BCUT2D eigenvalue weighted by molar-refractivity contribution is 8.24. The number of hydrogen-bond donors (Lipinski definition) is 0. The molecule has 0 N–H and O–H groups in total. The highest BCUT2D eigenvalue weighted by atomic mass is 32.2. The van der Waals surface area contributed by atoms with Gasteiger partial charge in [-0.05, 0) is 29.8 Å². The number of rotatable bonds is 1. The van der Waals surface area contributed by atoms with Crippen LogP contribution in [-0.4, -0.2) is 35.0 Å². The molecule has 2 aromatic carbocycles. The monoisotopic (exact) mass is 349 g/mol. The molecule has 2 atom stereocenters. The Hall–Kier alpha value is -1.11. The summed E-state index contributed by atoms with van der Waals surface area (Å²) in [5, 5.41) is 2.34. The zero-order chi connectivity index (χ0) is 15.5. The molecule has 0 saturated carbocycles. The zero-order valence-corrected chi connectivity index (χ0v) is 14.5. The normalized spacial score (nSPS) is 30.0. The van der Waals surface area contributed by atoms with Crippen molar-refractivity contribution in [1.82, 2.24) is 0 Å². The second-order valence-electron chi connectivity index (χ2n) is 6.15. The van der Waals surface area contributed by atoms with Gasteiger partial charge in [0.15, 0.2) is 9.84 Å². The average Bonchev–Trinajstić information content (AvgIpc) is 2.81. The third-order valence-corrected chi connectivity index (χ3v) is 8.43. The van der Waals surface area contributed by atoms with Crippen LogP contribution in [0.1, 0.15) is 6.92 Å². The maximum atomic E-state index is 12.1. The van der Waals surface area contributed by atoms with Gasteiger partial charge in [0.05, 0.1) is 22.3 Å². The van der Waals surface area contributed by atoms with Gasteiger partial charge in [-0.15, -0.1) is 0 Å². The molecule has 0 spiro atoms. The molecule has 6 heteroatoms. The fraction of sp³-hybridized carbons (Fsp3) is 0.312. The molecule has 0 bridgehead atoms. The van der Waals surface area contributed by atoms with E-state index in [1.54, 1.807) is 0 Å². The predicted octanol–water partition coefficient (Wildman–Crippen LogP) is 3.23. The minimum Gasteiger partial charge on any atom is -0.319 e. The lowest BCUT2D eigenvalue weighted by molar-refractivity contribution is 0.550. The van der Waals surface area contributed by atoms with Gasteiger partial charge in [-0.25, -0.2) is 8.42 Å². The second kappa shape index (κ2) is 4.69. The summed E-state index contributed by atoms with van der Waals surface area (Å²) in [6.07, 6.45) is 0. The molecule has 0 amide bonds. The summed E-state index contributed by atoms with van der Waals surface area (Å²) in [6, 6.07) is 14.4. The molecule has 2 aliphatic heterocycles. The van der Waals surface area contributed by atoms with E-state index >= 15 is 0 Å². The molecule has 2 saturated heterocycles. The van der Waals surface area contributed by atoms with Crippen LogP contribution < -0.4 is 4.90 Å². The molecule has 3 nitrogen and oxygen atoms in total. The van der Waals surface area contributed by atoms with E-state index in [-0.39, 0.29) is 16.8 Å². The van der Waals surface area contributed by atoms with E-state index in [0.717, 1.165) is 15.4 Å². The van der Waals surface area contributed by atoms with E-state index in [9.17, 15) is 8.42 Å². The Bertz CT molecular complexity index is 893. The van der Waals surface area contributed by atoms with Crippen molar-refractivity contribution in [3.8, 4) is 0 Å². The topological polar surface area (TPSA) is 37.4 Å². The van der Waals surface area contributed by atoms with Crippen molar-refractivity contribution in [3.63, 3.8) is 0 Å². The van der Waals surface area contributed by atoms with Crippen LogP contribution >= 0.6 is 24.0 Å². The smallest absolute Gasteiger partial charge is 0.153 e. The third kappa shape index (κ3) is 2.08. The van der Waals surface area contributed by atoms with E-state index in [1.165, 1.54) is 17.1 Å². The van der Waals surface area contributed by atoms with Crippen molar-refractivity contribution in [3.05, 3.63) is 42.5 Å². The number of thiocarbonyl (C=S) groups is 1. The molecule has 4 rings (SSSR count). The average molecular weight is 350 g/mol. The summed E-state index contributed by atoms with van der Waals surface area (Å²) in [4.78, 5) is 2.05.